The third-order valence-electron chi connectivity index (χ3n) is 5.65. The molecule has 6 nitrogen and oxygen atoms in total. The maximum Gasteiger partial charge on any atom is 0.281 e. The topological polar surface area (TPSA) is 60.4 Å². The molecular weight excluding hydrogens is 416 g/mol. The summed E-state index contributed by atoms with van der Waals surface area (Å²) in [4.78, 5) is 13.2. The van der Waals surface area contributed by atoms with Crippen molar-refractivity contribution in [2.45, 2.75) is 18.9 Å². The van der Waals surface area contributed by atoms with Crippen molar-refractivity contribution in [1.29, 1.82) is 0 Å². The molecule has 1 aliphatic rings. The van der Waals surface area contributed by atoms with Crippen LogP contribution in [0.25, 0.3) is 0 Å². The first kappa shape index (κ1) is 22.6. The lowest BCUT2D eigenvalue weighted by molar-refractivity contribution is -0.135. The molecule has 0 aliphatic carbocycles. The van der Waals surface area contributed by atoms with Crippen molar-refractivity contribution in [3.05, 3.63) is 95.6 Å². The van der Waals surface area contributed by atoms with Crippen LogP contribution in [0.1, 0.15) is 29.2 Å². The smallest absolute Gasteiger partial charge is 0.281 e. The lowest BCUT2D eigenvalue weighted by Gasteiger charge is -2.22. The van der Waals surface area contributed by atoms with Crippen molar-refractivity contribution >= 4 is 11.6 Å². The summed E-state index contributed by atoms with van der Waals surface area (Å²) in [6, 6.07) is 25.2. The fraction of sp³-hybridized carbons (Fsp3) is 0.259. The molecule has 0 bridgehead atoms. The number of benzene rings is 3. The standard InChI is InChI=1S/C27H28N2O4/c1-31-17-16-20-8-12-24(13-9-20)33-19-27(30)29-26(22-10-14-23(32-2)15-11-22)18-25(28-29)21-6-4-3-5-7-21/h3-15,26H,16-19H2,1-2H3/t26-/m0/s1. The Bertz CT molecular complexity index is 1080. The monoisotopic (exact) mass is 444 g/mol. The number of rotatable bonds is 9. The van der Waals surface area contributed by atoms with E-state index < -0.39 is 0 Å². The molecule has 3 aromatic rings. The summed E-state index contributed by atoms with van der Waals surface area (Å²) in [5, 5.41) is 6.25. The Hall–Kier alpha value is -3.64. The first-order chi connectivity index (χ1) is 16.2. The number of hydrazone groups is 1. The van der Waals surface area contributed by atoms with Crippen molar-refractivity contribution in [3.8, 4) is 11.5 Å². The van der Waals surface area contributed by atoms with Gasteiger partial charge in [-0.15, -0.1) is 0 Å². The van der Waals surface area contributed by atoms with Gasteiger partial charge in [-0.2, -0.15) is 5.10 Å². The van der Waals surface area contributed by atoms with Gasteiger partial charge in [-0.1, -0.05) is 54.6 Å². The van der Waals surface area contributed by atoms with Crippen LogP contribution in [-0.2, 0) is 16.0 Å². The van der Waals surface area contributed by atoms with E-state index >= 15 is 0 Å². The fourth-order valence-electron chi connectivity index (χ4n) is 3.81. The van der Waals surface area contributed by atoms with E-state index in [1.54, 1.807) is 19.2 Å². The van der Waals surface area contributed by atoms with E-state index in [0.717, 1.165) is 34.6 Å². The number of methoxy groups -OCH3 is 2. The zero-order valence-electron chi connectivity index (χ0n) is 18.9. The van der Waals surface area contributed by atoms with Gasteiger partial charge in [0, 0.05) is 13.5 Å². The van der Waals surface area contributed by atoms with E-state index in [0.29, 0.717) is 18.8 Å². The predicted molar refractivity (Wildman–Crippen MR) is 128 cm³/mol. The van der Waals surface area contributed by atoms with Crippen LogP contribution in [0, 0.1) is 0 Å². The molecule has 0 unspecified atom stereocenters. The summed E-state index contributed by atoms with van der Waals surface area (Å²) in [6.45, 7) is 0.581. The number of hydrogen-bond donors (Lipinski definition) is 0. The lowest BCUT2D eigenvalue weighted by Crippen LogP contribution is -2.31. The SMILES string of the molecule is COCCc1ccc(OCC(=O)N2N=C(c3ccccc3)C[C@H]2c2ccc(OC)cc2)cc1. The Morgan fingerprint density at radius 3 is 2.30 bits per heavy atom. The third kappa shape index (κ3) is 5.59. The molecule has 0 fully saturated rings. The van der Waals surface area contributed by atoms with Crippen molar-refractivity contribution < 1.29 is 19.0 Å². The Morgan fingerprint density at radius 2 is 1.64 bits per heavy atom. The van der Waals surface area contributed by atoms with Crippen molar-refractivity contribution in [3.63, 3.8) is 0 Å². The second kappa shape index (κ2) is 10.8. The largest absolute Gasteiger partial charge is 0.497 e. The van der Waals surface area contributed by atoms with Crippen LogP contribution in [0.5, 0.6) is 11.5 Å². The highest BCUT2D eigenvalue weighted by Gasteiger charge is 2.33. The van der Waals surface area contributed by atoms with Gasteiger partial charge < -0.3 is 14.2 Å². The zero-order chi connectivity index (χ0) is 23.0. The Balaban J connectivity index is 1.49. The zero-order valence-corrected chi connectivity index (χ0v) is 18.9. The van der Waals surface area contributed by atoms with E-state index in [-0.39, 0.29) is 18.6 Å². The van der Waals surface area contributed by atoms with Gasteiger partial charge >= 0.3 is 0 Å². The maximum absolute atomic E-state index is 13.2. The van der Waals surface area contributed by atoms with Gasteiger partial charge in [-0.3, -0.25) is 4.79 Å². The van der Waals surface area contributed by atoms with Crippen LogP contribution in [-0.4, -0.2) is 44.1 Å². The molecule has 4 rings (SSSR count). The molecule has 0 saturated heterocycles. The maximum atomic E-state index is 13.2. The second-order valence-corrected chi connectivity index (χ2v) is 7.82. The Labute approximate surface area is 194 Å². The minimum Gasteiger partial charge on any atom is -0.497 e. The quantitative estimate of drug-likeness (QED) is 0.482. The summed E-state index contributed by atoms with van der Waals surface area (Å²) in [5.74, 6) is 1.23. The van der Waals surface area contributed by atoms with Gasteiger partial charge in [-0.25, -0.2) is 5.01 Å². The average molecular weight is 445 g/mol. The van der Waals surface area contributed by atoms with E-state index in [4.69, 9.17) is 19.3 Å². The molecule has 0 spiro atoms. The number of nitrogens with zero attached hydrogens (tertiary/aromatic N) is 2. The van der Waals surface area contributed by atoms with Crippen LogP contribution in [0.3, 0.4) is 0 Å². The molecule has 1 aliphatic heterocycles. The van der Waals surface area contributed by atoms with Crippen LogP contribution in [0.15, 0.2) is 84.0 Å². The molecule has 33 heavy (non-hydrogen) atoms. The fourth-order valence-corrected chi connectivity index (χ4v) is 3.81. The Kier molecular flexibility index (Phi) is 7.37. The van der Waals surface area contributed by atoms with Gasteiger partial charge in [0.25, 0.3) is 5.91 Å². The normalized spacial score (nSPS) is 15.3. The Morgan fingerprint density at radius 1 is 0.939 bits per heavy atom. The van der Waals surface area contributed by atoms with Gasteiger partial charge in [0.05, 0.1) is 25.5 Å². The molecule has 0 N–H and O–H groups in total. The molecule has 1 amide bonds. The van der Waals surface area contributed by atoms with Gasteiger partial charge in [0.15, 0.2) is 6.61 Å². The van der Waals surface area contributed by atoms with Crippen LogP contribution in [0.4, 0.5) is 0 Å². The van der Waals surface area contributed by atoms with Crippen molar-refractivity contribution in [1.82, 2.24) is 5.01 Å². The lowest BCUT2D eigenvalue weighted by atomic mass is 9.98. The number of hydrogen-bond acceptors (Lipinski definition) is 5. The van der Waals surface area contributed by atoms with E-state index in [1.165, 1.54) is 0 Å². The minimum absolute atomic E-state index is 0.0877. The molecule has 1 heterocycles. The summed E-state index contributed by atoms with van der Waals surface area (Å²) in [5.41, 5.74) is 4.05. The summed E-state index contributed by atoms with van der Waals surface area (Å²) < 4.78 is 16.2. The molecular formula is C27H28N2O4. The molecule has 6 heteroatoms. The van der Waals surface area contributed by atoms with Crippen LogP contribution < -0.4 is 9.47 Å². The van der Waals surface area contributed by atoms with E-state index in [2.05, 4.69) is 0 Å². The van der Waals surface area contributed by atoms with Crippen LogP contribution in [0.2, 0.25) is 0 Å². The van der Waals surface area contributed by atoms with Crippen molar-refractivity contribution in [2.75, 3.05) is 27.4 Å². The predicted octanol–water partition coefficient (Wildman–Crippen LogP) is 4.64. The molecule has 170 valence electrons. The molecule has 0 aromatic heterocycles. The molecule has 0 saturated carbocycles. The first-order valence-corrected chi connectivity index (χ1v) is 11.0. The number of amides is 1. The van der Waals surface area contributed by atoms with Gasteiger partial charge in [0.1, 0.15) is 11.5 Å². The highest BCUT2D eigenvalue weighted by molar-refractivity contribution is 6.03. The van der Waals surface area contributed by atoms with Gasteiger partial charge in [-0.05, 0) is 47.4 Å². The van der Waals surface area contributed by atoms with Crippen LogP contribution >= 0.6 is 0 Å². The number of ether oxygens (including phenoxy) is 3. The molecule has 1 atom stereocenters. The summed E-state index contributed by atoms with van der Waals surface area (Å²) >= 11 is 0. The average Bonchev–Trinajstić information content (AvgIpc) is 3.33. The van der Waals surface area contributed by atoms with E-state index in [9.17, 15) is 4.79 Å². The summed E-state index contributed by atoms with van der Waals surface area (Å²) in [7, 11) is 3.32. The summed E-state index contributed by atoms with van der Waals surface area (Å²) in [6.07, 6.45) is 1.47. The highest BCUT2D eigenvalue weighted by atomic mass is 16.5. The first-order valence-electron chi connectivity index (χ1n) is 11.0. The number of carbonyl (C=O) groups excluding carboxylic acids is 1. The minimum atomic E-state index is -0.196. The number of carbonyl (C=O) groups is 1. The molecule has 0 radical (unpaired) electrons. The second-order valence-electron chi connectivity index (χ2n) is 7.82. The van der Waals surface area contributed by atoms with Crippen molar-refractivity contribution in [2.24, 2.45) is 5.10 Å². The van der Waals surface area contributed by atoms with E-state index in [1.807, 2.05) is 78.9 Å². The highest BCUT2D eigenvalue weighted by Crippen LogP contribution is 2.33. The van der Waals surface area contributed by atoms with Gasteiger partial charge in [0.2, 0.25) is 0 Å². The molecule has 3 aromatic carbocycles. The third-order valence-corrected chi connectivity index (χ3v) is 5.65.